The highest BCUT2D eigenvalue weighted by atomic mass is 35.5. The number of amides is 1. The van der Waals surface area contributed by atoms with Crippen LogP contribution < -0.4 is 10.1 Å². The number of anilines is 1. The first-order valence-electron chi connectivity index (χ1n) is 4.65. The Bertz CT molecular complexity index is 426. The van der Waals surface area contributed by atoms with Crippen molar-refractivity contribution in [2.24, 2.45) is 0 Å². The molecule has 0 unspecified atom stereocenters. The lowest BCUT2D eigenvalue weighted by atomic mass is 10.1. The lowest BCUT2D eigenvalue weighted by Gasteiger charge is -2.10. The lowest BCUT2D eigenvalue weighted by Crippen LogP contribution is -2.13. The smallest absolute Gasteiger partial charge is 0.225 e. The Morgan fingerprint density at radius 3 is 2.94 bits per heavy atom. The van der Waals surface area contributed by atoms with Crippen LogP contribution in [0.1, 0.15) is 12.0 Å². The quantitative estimate of drug-likeness (QED) is 0.818. The van der Waals surface area contributed by atoms with Gasteiger partial charge in [-0.2, -0.15) is 5.26 Å². The van der Waals surface area contributed by atoms with Crippen LogP contribution in [-0.4, -0.2) is 18.9 Å². The number of carbonyl (C=O) groups excluding carboxylic acids is 1. The summed E-state index contributed by atoms with van der Waals surface area (Å²) < 4.78 is 5.07. The van der Waals surface area contributed by atoms with Gasteiger partial charge >= 0.3 is 0 Å². The fourth-order valence-electron chi connectivity index (χ4n) is 1.21. The topological polar surface area (TPSA) is 62.1 Å². The van der Waals surface area contributed by atoms with Gasteiger partial charge in [-0.3, -0.25) is 4.79 Å². The zero-order valence-corrected chi connectivity index (χ0v) is 9.54. The second-order valence-corrected chi connectivity index (χ2v) is 3.36. The Kier molecular flexibility index (Phi) is 4.62. The molecule has 84 valence electrons. The van der Waals surface area contributed by atoms with Crippen molar-refractivity contribution < 1.29 is 9.53 Å². The summed E-state index contributed by atoms with van der Waals surface area (Å²) in [6.45, 7) is 0. The Hall–Kier alpha value is -1.73. The highest BCUT2D eigenvalue weighted by molar-refractivity contribution is 6.19. The van der Waals surface area contributed by atoms with Gasteiger partial charge in [-0.05, 0) is 12.1 Å². The molecule has 0 heterocycles. The second kappa shape index (κ2) is 5.99. The van der Waals surface area contributed by atoms with E-state index in [1.165, 1.54) is 7.11 Å². The number of methoxy groups -OCH3 is 1. The highest BCUT2D eigenvalue weighted by Gasteiger charge is 2.11. The first kappa shape index (κ1) is 12.3. The molecule has 0 fully saturated rings. The van der Waals surface area contributed by atoms with Crippen LogP contribution in [0.2, 0.25) is 0 Å². The van der Waals surface area contributed by atoms with Gasteiger partial charge in [-0.25, -0.2) is 0 Å². The predicted octanol–water partition coefficient (Wildman–Crippen LogP) is 2.13. The van der Waals surface area contributed by atoms with E-state index in [1.54, 1.807) is 18.2 Å². The Morgan fingerprint density at radius 2 is 2.38 bits per heavy atom. The Labute approximate surface area is 98.8 Å². The summed E-state index contributed by atoms with van der Waals surface area (Å²) in [4.78, 5) is 11.4. The van der Waals surface area contributed by atoms with E-state index in [4.69, 9.17) is 21.6 Å². The van der Waals surface area contributed by atoms with Crippen molar-refractivity contribution in [1.82, 2.24) is 0 Å². The maximum Gasteiger partial charge on any atom is 0.225 e. The number of alkyl halides is 1. The third-order valence-electron chi connectivity index (χ3n) is 1.95. The number of hydrogen-bond acceptors (Lipinski definition) is 3. The molecule has 0 saturated heterocycles. The molecular weight excluding hydrogens is 228 g/mol. The van der Waals surface area contributed by atoms with Crippen molar-refractivity contribution in [3.63, 3.8) is 0 Å². The normalized spacial score (nSPS) is 9.31. The Balaban J connectivity index is 3.01. The van der Waals surface area contributed by atoms with Crippen LogP contribution in [0.15, 0.2) is 18.2 Å². The van der Waals surface area contributed by atoms with Gasteiger partial charge in [0.1, 0.15) is 17.5 Å². The minimum Gasteiger partial charge on any atom is -0.495 e. The molecule has 16 heavy (non-hydrogen) atoms. The molecule has 0 atom stereocenters. The largest absolute Gasteiger partial charge is 0.495 e. The lowest BCUT2D eigenvalue weighted by molar-refractivity contribution is -0.115. The molecule has 1 aromatic rings. The van der Waals surface area contributed by atoms with Crippen LogP contribution in [0, 0.1) is 11.3 Å². The first-order valence-corrected chi connectivity index (χ1v) is 5.19. The SMILES string of the molecule is COc1cccc(C#N)c1NC(=O)CCCl. The number of hydrogen-bond donors (Lipinski definition) is 1. The molecular formula is C11H11ClN2O2. The number of para-hydroxylation sites is 1. The van der Waals surface area contributed by atoms with Gasteiger partial charge in [0.25, 0.3) is 0 Å². The molecule has 0 radical (unpaired) electrons. The standard InChI is InChI=1S/C11H11ClN2O2/c1-16-9-4-2-3-8(7-13)11(9)14-10(15)5-6-12/h2-4H,5-6H2,1H3,(H,14,15). The van der Waals surface area contributed by atoms with Crippen LogP contribution in [0.3, 0.4) is 0 Å². The molecule has 1 aromatic carbocycles. The van der Waals surface area contributed by atoms with E-state index in [0.29, 0.717) is 17.0 Å². The van der Waals surface area contributed by atoms with Gasteiger partial charge in [0.05, 0.1) is 12.7 Å². The summed E-state index contributed by atoms with van der Waals surface area (Å²) in [7, 11) is 1.48. The third kappa shape index (κ3) is 2.88. The average Bonchev–Trinajstić information content (AvgIpc) is 2.29. The van der Waals surface area contributed by atoms with Gasteiger partial charge in [-0.1, -0.05) is 6.07 Å². The zero-order chi connectivity index (χ0) is 12.0. The number of nitriles is 1. The minimum absolute atomic E-state index is 0.199. The van der Waals surface area contributed by atoms with Crippen molar-refractivity contribution in [1.29, 1.82) is 5.26 Å². The van der Waals surface area contributed by atoms with Gasteiger partial charge in [0.2, 0.25) is 5.91 Å². The monoisotopic (exact) mass is 238 g/mol. The molecule has 0 aliphatic heterocycles. The number of rotatable bonds is 4. The van der Waals surface area contributed by atoms with Crippen molar-refractivity contribution in [2.75, 3.05) is 18.3 Å². The van der Waals surface area contributed by atoms with E-state index in [-0.39, 0.29) is 18.2 Å². The van der Waals surface area contributed by atoms with Gasteiger partial charge in [-0.15, -0.1) is 11.6 Å². The molecule has 0 spiro atoms. The fraction of sp³-hybridized carbons (Fsp3) is 0.273. The summed E-state index contributed by atoms with van der Waals surface area (Å²) in [5.74, 6) is 0.459. The molecule has 0 saturated carbocycles. The minimum atomic E-state index is -0.240. The maximum absolute atomic E-state index is 11.4. The van der Waals surface area contributed by atoms with Crippen molar-refractivity contribution >= 4 is 23.2 Å². The van der Waals surface area contributed by atoms with E-state index < -0.39 is 0 Å². The van der Waals surface area contributed by atoms with Crippen LogP contribution in [0.4, 0.5) is 5.69 Å². The van der Waals surface area contributed by atoms with Gasteiger partial charge in [0.15, 0.2) is 0 Å². The van der Waals surface area contributed by atoms with E-state index in [1.807, 2.05) is 6.07 Å². The number of carbonyl (C=O) groups is 1. The van der Waals surface area contributed by atoms with Crippen LogP contribution in [-0.2, 0) is 4.79 Å². The number of ether oxygens (including phenoxy) is 1. The molecule has 0 aliphatic rings. The summed E-state index contributed by atoms with van der Waals surface area (Å²) in [5.41, 5.74) is 0.755. The molecule has 0 aromatic heterocycles. The van der Waals surface area contributed by atoms with Crippen molar-refractivity contribution in [3.8, 4) is 11.8 Å². The van der Waals surface area contributed by atoms with E-state index in [2.05, 4.69) is 5.32 Å². The van der Waals surface area contributed by atoms with Crippen LogP contribution >= 0.6 is 11.6 Å². The van der Waals surface area contributed by atoms with E-state index in [9.17, 15) is 4.79 Å². The molecule has 0 bridgehead atoms. The van der Waals surface area contributed by atoms with Gasteiger partial charge in [0, 0.05) is 12.3 Å². The van der Waals surface area contributed by atoms with Crippen molar-refractivity contribution in [2.45, 2.75) is 6.42 Å². The van der Waals surface area contributed by atoms with Crippen molar-refractivity contribution in [3.05, 3.63) is 23.8 Å². The van der Waals surface area contributed by atoms with Crippen LogP contribution in [0.25, 0.3) is 0 Å². The molecule has 5 heteroatoms. The molecule has 0 aliphatic carbocycles. The van der Waals surface area contributed by atoms with Crippen LogP contribution in [0.5, 0.6) is 5.75 Å². The number of nitrogens with zero attached hydrogens (tertiary/aromatic N) is 1. The zero-order valence-electron chi connectivity index (χ0n) is 8.79. The Morgan fingerprint density at radius 1 is 1.62 bits per heavy atom. The fourth-order valence-corrected chi connectivity index (χ4v) is 1.38. The molecule has 1 rings (SSSR count). The summed E-state index contributed by atoms with van der Waals surface area (Å²) in [6.07, 6.45) is 0.199. The van der Waals surface area contributed by atoms with E-state index >= 15 is 0 Å². The molecule has 1 N–H and O–H groups in total. The second-order valence-electron chi connectivity index (χ2n) is 2.98. The molecule has 4 nitrogen and oxygen atoms in total. The summed E-state index contributed by atoms with van der Waals surface area (Å²) in [5, 5.41) is 11.5. The highest BCUT2D eigenvalue weighted by Crippen LogP contribution is 2.27. The number of nitrogens with one attached hydrogen (secondary N) is 1. The summed E-state index contributed by atoms with van der Waals surface area (Å²) >= 11 is 5.45. The maximum atomic E-state index is 11.4. The summed E-state index contributed by atoms with van der Waals surface area (Å²) in [6, 6.07) is 6.97. The average molecular weight is 239 g/mol. The predicted molar refractivity (Wildman–Crippen MR) is 61.7 cm³/mol. The molecule has 1 amide bonds. The number of benzene rings is 1. The first-order chi connectivity index (χ1) is 7.72. The van der Waals surface area contributed by atoms with Gasteiger partial charge < -0.3 is 10.1 Å². The number of halogens is 1. The van der Waals surface area contributed by atoms with E-state index in [0.717, 1.165) is 0 Å². The third-order valence-corrected chi connectivity index (χ3v) is 2.14.